The average Bonchev–Trinajstić information content (AvgIpc) is 2.89. The molecule has 0 saturated heterocycles. The molecule has 100 valence electrons. The molecule has 0 unspecified atom stereocenters. The molecule has 0 radical (unpaired) electrons. The average molecular weight is 281 g/mol. The van der Waals surface area contributed by atoms with E-state index in [-0.39, 0.29) is 0 Å². The summed E-state index contributed by atoms with van der Waals surface area (Å²) in [5.74, 6) is 0. The monoisotopic (exact) mass is 281 g/mol. The number of aromatic nitrogens is 1. The highest BCUT2D eigenvalue weighted by Crippen LogP contribution is 2.33. The van der Waals surface area contributed by atoms with Crippen LogP contribution in [0.3, 0.4) is 0 Å². The van der Waals surface area contributed by atoms with Crippen LogP contribution in [0.1, 0.15) is 11.1 Å². The highest BCUT2D eigenvalue weighted by Gasteiger charge is 2.09. The lowest BCUT2D eigenvalue weighted by Crippen LogP contribution is -1.79. The maximum Gasteiger partial charge on any atom is 0.124 e. The van der Waals surface area contributed by atoms with E-state index in [2.05, 4.69) is 36.2 Å². The molecule has 0 fully saturated rings. The zero-order valence-electron chi connectivity index (χ0n) is 11.7. The molecule has 1 aromatic heterocycles. The molecule has 0 aliphatic rings. The maximum atomic E-state index is 4.73. The number of hydrogen-bond acceptors (Lipinski definition) is 4. The zero-order valence-corrected chi connectivity index (χ0v) is 12.5. The standard InChI is InChI=1S/C16H15N3S/c1-10-4-9-14-15(11(10)2)20-16(18-14)12-5-7-13(8-6-12)19-17-3/h4-9H,1-3H3/b19-17+. The predicted molar refractivity (Wildman–Crippen MR) is 85.0 cm³/mol. The van der Waals surface area contributed by atoms with Crippen molar-refractivity contribution in [3.8, 4) is 10.6 Å². The van der Waals surface area contributed by atoms with Crippen LogP contribution in [0.2, 0.25) is 0 Å². The molecule has 0 amide bonds. The van der Waals surface area contributed by atoms with E-state index in [9.17, 15) is 0 Å². The zero-order chi connectivity index (χ0) is 14.1. The van der Waals surface area contributed by atoms with Crippen LogP contribution in [-0.2, 0) is 0 Å². The molecule has 3 nitrogen and oxygen atoms in total. The summed E-state index contributed by atoms with van der Waals surface area (Å²) in [5.41, 5.74) is 5.70. The van der Waals surface area contributed by atoms with E-state index >= 15 is 0 Å². The van der Waals surface area contributed by atoms with Gasteiger partial charge >= 0.3 is 0 Å². The topological polar surface area (TPSA) is 37.6 Å². The number of benzene rings is 2. The van der Waals surface area contributed by atoms with Crippen LogP contribution in [0.25, 0.3) is 20.8 Å². The van der Waals surface area contributed by atoms with E-state index in [1.165, 1.54) is 15.8 Å². The summed E-state index contributed by atoms with van der Waals surface area (Å²) in [4.78, 5) is 4.73. The van der Waals surface area contributed by atoms with Crippen LogP contribution in [0.5, 0.6) is 0 Å². The van der Waals surface area contributed by atoms with Gasteiger partial charge in [-0.25, -0.2) is 4.98 Å². The van der Waals surface area contributed by atoms with E-state index < -0.39 is 0 Å². The van der Waals surface area contributed by atoms with E-state index in [0.717, 1.165) is 21.8 Å². The van der Waals surface area contributed by atoms with Gasteiger partial charge in [0.25, 0.3) is 0 Å². The van der Waals surface area contributed by atoms with Gasteiger partial charge in [0.1, 0.15) is 5.01 Å². The van der Waals surface area contributed by atoms with Gasteiger partial charge in [-0.3, -0.25) is 0 Å². The Balaban J connectivity index is 2.08. The van der Waals surface area contributed by atoms with Gasteiger partial charge in [0, 0.05) is 12.6 Å². The van der Waals surface area contributed by atoms with Crippen LogP contribution in [-0.4, -0.2) is 12.0 Å². The van der Waals surface area contributed by atoms with E-state index in [0.29, 0.717) is 0 Å². The first-order chi connectivity index (χ1) is 9.69. The van der Waals surface area contributed by atoms with Gasteiger partial charge in [-0.05, 0) is 55.3 Å². The first-order valence-electron chi connectivity index (χ1n) is 6.46. The van der Waals surface area contributed by atoms with E-state index in [4.69, 9.17) is 4.98 Å². The summed E-state index contributed by atoms with van der Waals surface area (Å²) in [6.07, 6.45) is 0. The Bertz CT molecular complexity index is 785. The minimum absolute atomic E-state index is 0.865. The van der Waals surface area contributed by atoms with E-state index in [1.807, 2.05) is 24.3 Å². The molecule has 4 heteroatoms. The number of hydrogen-bond donors (Lipinski definition) is 0. The number of aryl methyl sites for hydroxylation is 2. The van der Waals surface area contributed by atoms with Crippen molar-refractivity contribution in [3.63, 3.8) is 0 Å². The van der Waals surface area contributed by atoms with Crippen molar-refractivity contribution in [1.29, 1.82) is 0 Å². The molecule has 0 aliphatic heterocycles. The molecular formula is C16H15N3S. The Morgan fingerprint density at radius 1 is 1.00 bits per heavy atom. The first-order valence-corrected chi connectivity index (χ1v) is 7.27. The van der Waals surface area contributed by atoms with E-state index in [1.54, 1.807) is 18.4 Å². The Kier molecular flexibility index (Phi) is 3.32. The molecule has 0 spiro atoms. The summed E-state index contributed by atoms with van der Waals surface area (Å²) in [7, 11) is 1.67. The summed E-state index contributed by atoms with van der Waals surface area (Å²) >= 11 is 1.75. The van der Waals surface area contributed by atoms with Gasteiger partial charge in [0.2, 0.25) is 0 Å². The first kappa shape index (κ1) is 12.9. The third-order valence-corrected chi connectivity index (χ3v) is 4.65. The molecule has 0 aliphatic carbocycles. The van der Waals surface area contributed by atoms with Gasteiger partial charge in [0.05, 0.1) is 15.9 Å². The second-order valence-corrected chi connectivity index (χ2v) is 5.72. The van der Waals surface area contributed by atoms with Crippen LogP contribution >= 0.6 is 11.3 Å². The minimum Gasteiger partial charge on any atom is -0.236 e. The molecule has 0 bridgehead atoms. The lowest BCUT2D eigenvalue weighted by molar-refractivity contribution is 1.17. The van der Waals surface area contributed by atoms with Crippen LogP contribution in [0.4, 0.5) is 5.69 Å². The molecule has 0 saturated carbocycles. The fourth-order valence-corrected chi connectivity index (χ4v) is 3.25. The fourth-order valence-electron chi connectivity index (χ4n) is 2.13. The summed E-state index contributed by atoms with van der Waals surface area (Å²) in [5, 5.41) is 8.84. The molecule has 3 rings (SSSR count). The number of nitrogens with zero attached hydrogens (tertiary/aromatic N) is 3. The lowest BCUT2D eigenvalue weighted by Gasteiger charge is -1.98. The molecule has 3 aromatic rings. The molecule has 20 heavy (non-hydrogen) atoms. The van der Waals surface area contributed by atoms with Gasteiger partial charge in [0.15, 0.2) is 0 Å². The second kappa shape index (κ2) is 5.13. The van der Waals surface area contributed by atoms with Crippen molar-refractivity contribution in [2.75, 3.05) is 7.05 Å². The molecule has 1 heterocycles. The Morgan fingerprint density at radius 2 is 1.75 bits per heavy atom. The van der Waals surface area contributed by atoms with Crippen LogP contribution < -0.4 is 0 Å². The SMILES string of the molecule is C/N=N/c1ccc(-c2nc3ccc(C)c(C)c3s2)cc1. The highest BCUT2D eigenvalue weighted by atomic mass is 32.1. The van der Waals surface area contributed by atoms with Crippen molar-refractivity contribution < 1.29 is 0 Å². The molecule has 0 N–H and O–H groups in total. The van der Waals surface area contributed by atoms with Gasteiger partial charge in [-0.15, -0.1) is 11.3 Å². The molecule has 0 atom stereocenters. The lowest BCUT2D eigenvalue weighted by atomic mass is 10.1. The predicted octanol–water partition coefficient (Wildman–Crippen LogP) is 5.29. The quantitative estimate of drug-likeness (QED) is 0.588. The van der Waals surface area contributed by atoms with Crippen molar-refractivity contribution in [2.24, 2.45) is 10.2 Å². The third kappa shape index (κ3) is 2.23. The van der Waals surface area contributed by atoms with Crippen molar-refractivity contribution >= 4 is 27.2 Å². The van der Waals surface area contributed by atoms with Crippen molar-refractivity contribution in [3.05, 3.63) is 47.5 Å². The Morgan fingerprint density at radius 3 is 2.45 bits per heavy atom. The summed E-state index contributed by atoms with van der Waals surface area (Å²) < 4.78 is 1.28. The third-order valence-electron chi connectivity index (χ3n) is 3.41. The van der Waals surface area contributed by atoms with Gasteiger partial charge in [-0.1, -0.05) is 6.07 Å². The summed E-state index contributed by atoms with van der Waals surface area (Å²) in [6, 6.07) is 12.2. The smallest absolute Gasteiger partial charge is 0.124 e. The van der Waals surface area contributed by atoms with Crippen LogP contribution in [0, 0.1) is 13.8 Å². The number of thiazole rings is 1. The summed E-state index contributed by atoms with van der Waals surface area (Å²) in [6.45, 7) is 4.29. The maximum absolute atomic E-state index is 4.73. The van der Waals surface area contributed by atoms with Crippen LogP contribution in [0.15, 0.2) is 46.6 Å². The van der Waals surface area contributed by atoms with Crippen molar-refractivity contribution in [2.45, 2.75) is 13.8 Å². The largest absolute Gasteiger partial charge is 0.236 e. The van der Waals surface area contributed by atoms with Crippen molar-refractivity contribution in [1.82, 2.24) is 4.98 Å². The number of rotatable bonds is 2. The Labute approximate surface area is 122 Å². The number of azo groups is 1. The fraction of sp³-hybridized carbons (Fsp3) is 0.188. The van der Waals surface area contributed by atoms with Gasteiger partial charge < -0.3 is 0 Å². The number of fused-ring (bicyclic) bond motifs is 1. The van der Waals surface area contributed by atoms with Gasteiger partial charge in [-0.2, -0.15) is 10.2 Å². The normalized spacial score (nSPS) is 11.6. The highest BCUT2D eigenvalue weighted by molar-refractivity contribution is 7.21. The molecule has 2 aromatic carbocycles. The molecular weight excluding hydrogens is 266 g/mol. The minimum atomic E-state index is 0.865. The Hall–Kier alpha value is -2.07. The second-order valence-electron chi connectivity index (χ2n) is 4.72.